The molecule has 1 aromatic heterocycles. The van der Waals surface area contributed by atoms with Gasteiger partial charge in [0.15, 0.2) is 0 Å². The van der Waals surface area contributed by atoms with Gasteiger partial charge in [0, 0.05) is 5.92 Å². The molecule has 0 saturated heterocycles. The minimum Gasteiger partial charge on any atom is -0.369 e. The maximum atomic E-state index is 9.92. The molecule has 1 amide bonds. The molecule has 4 nitrogen and oxygen atoms in total. The molecule has 1 heterocycles. The van der Waals surface area contributed by atoms with Crippen LogP contribution in [0.5, 0.6) is 0 Å². The van der Waals surface area contributed by atoms with Crippen molar-refractivity contribution >= 4 is 16.9 Å². The van der Waals surface area contributed by atoms with Gasteiger partial charge in [-0.05, 0) is 12.1 Å². The minimum absolute atomic E-state index is 0.00926. The van der Waals surface area contributed by atoms with Crippen LogP contribution >= 0.6 is 0 Å². The first-order valence-corrected chi connectivity index (χ1v) is 4.78. The quantitative estimate of drug-likeness (QED) is 0.743. The predicted octanol–water partition coefficient (Wildman–Crippen LogP) is 1.69. The molecule has 4 heteroatoms. The van der Waals surface area contributed by atoms with Gasteiger partial charge in [-0.2, -0.15) is 0 Å². The Balaban J connectivity index is 0.000000167. The van der Waals surface area contributed by atoms with Crippen molar-refractivity contribution in [2.45, 2.75) is 13.8 Å². The zero-order valence-corrected chi connectivity index (χ0v) is 8.90. The van der Waals surface area contributed by atoms with Gasteiger partial charge < -0.3 is 10.7 Å². The van der Waals surface area contributed by atoms with E-state index in [9.17, 15) is 4.79 Å². The summed E-state index contributed by atoms with van der Waals surface area (Å²) in [5, 5.41) is 0. The Morgan fingerprint density at radius 1 is 1.40 bits per heavy atom. The van der Waals surface area contributed by atoms with E-state index in [1.807, 2.05) is 24.3 Å². The fourth-order valence-electron chi connectivity index (χ4n) is 0.880. The third-order valence-corrected chi connectivity index (χ3v) is 1.90. The molecule has 15 heavy (non-hydrogen) atoms. The summed E-state index contributed by atoms with van der Waals surface area (Å²) in [5.41, 5.74) is 6.92. The lowest BCUT2D eigenvalue weighted by atomic mass is 10.2. The first-order chi connectivity index (χ1) is 7.11. The van der Waals surface area contributed by atoms with Crippen LogP contribution in [-0.2, 0) is 4.79 Å². The van der Waals surface area contributed by atoms with Crippen molar-refractivity contribution in [2.75, 3.05) is 0 Å². The van der Waals surface area contributed by atoms with Crippen LogP contribution in [0.25, 0.3) is 11.0 Å². The number of hydrogen-bond acceptors (Lipinski definition) is 2. The van der Waals surface area contributed by atoms with E-state index < -0.39 is 0 Å². The van der Waals surface area contributed by atoms with Crippen molar-refractivity contribution in [3.63, 3.8) is 0 Å². The normalized spacial score (nSPS) is 9.80. The topological polar surface area (TPSA) is 71.8 Å². The SMILES string of the molecule is CC(C)C(N)=O.c1ccc2[nH]cnc2c1. The zero-order valence-electron chi connectivity index (χ0n) is 8.90. The second kappa shape index (κ2) is 5.14. The molecule has 3 N–H and O–H groups in total. The number of benzene rings is 1. The third kappa shape index (κ3) is 3.42. The average molecular weight is 205 g/mol. The molecule has 0 spiro atoms. The molecule has 80 valence electrons. The Hall–Kier alpha value is -1.84. The summed E-state index contributed by atoms with van der Waals surface area (Å²) in [4.78, 5) is 17.0. The fraction of sp³-hybridized carbons (Fsp3) is 0.273. The Morgan fingerprint density at radius 2 is 2.00 bits per heavy atom. The van der Waals surface area contributed by atoms with Gasteiger partial charge >= 0.3 is 0 Å². The predicted molar refractivity (Wildman–Crippen MR) is 60.1 cm³/mol. The van der Waals surface area contributed by atoms with Crippen molar-refractivity contribution in [3.8, 4) is 0 Å². The molecule has 0 radical (unpaired) electrons. The lowest BCUT2D eigenvalue weighted by Gasteiger charge is -1.90. The number of nitrogens with two attached hydrogens (primary N) is 1. The number of primary amides is 1. The first-order valence-electron chi connectivity index (χ1n) is 4.78. The molecular formula is C11H15N3O. The summed E-state index contributed by atoms with van der Waals surface area (Å²) in [6.45, 7) is 3.53. The largest absolute Gasteiger partial charge is 0.369 e. The van der Waals surface area contributed by atoms with Crippen LogP contribution in [-0.4, -0.2) is 15.9 Å². The van der Waals surface area contributed by atoms with E-state index in [-0.39, 0.29) is 11.8 Å². The Kier molecular flexibility index (Phi) is 3.85. The highest BCUT2D eigenvalue weighted by Gasteiger charge is 1.96. The average Bonchev–Trinajstić information content (AvgIpc) is 2.66. The molecule has 1 aromatic carbocycles. The highest BCUT2D eigenvalue weighted by atomic mass is 16.1. The van der Waals surface area contributed by atoms with E-state index in [0.29, 0.717) is 0 Å². The Labute approximate surface area is 88.5 Å². The molecule has 2 rings (SSSR count). The van der Waals surface area contributed by atoms with Crippen molar-refractivity contribution in [3.05, 3.63) is 30.6 Å². The number of aromatic nitrogens is 2. The van der Waals surface area contributed by atoms with E-state index in [1.54, 1.807) is 20.2 Å². The molecule has 0 aliphatic rings. The number of para-hydroxylation sites is 2. The van der Waals surface area contributed by atoms with Gasteiger partial charge in [0.05, 0.1) is 17.4 Å². The van der Waals surface area contributed by atoms with Gasteiger partial charge in [0.25, 0.3) is 0 Å². The van der Waals surface area contributed by atoms with E-state index in [1.165, 1.54) is 0 Å². The van der Waals surface area contributed by atoms with Crippen LogP contribution in [0.15, 0.2) is 30.6 Å². The van der Waals surface area contributed by atoms with Gasteiger partial charge in [0.1, 0.15) is 0 Å². The molecule has 0 atom stereocenters. The number of aromatic amines is 1. The van der Waals surface area contributed by atoms with Crippen LogP contribution in [0.1, 0.15) is 13.8 Å². The molecule has 2 aromatic rings. The van der Waals surface area contributed by atoms with Gasteiger partial charge in [-0.15, -0.1) is 0 Å². The number of nitrogens with zero attached hydrogens (tertiary/aromatic N) is 1. The second-order valence-corrected chi connectivity index (χ2v) is 3.48. The highest BCUT2D eigenvalue weighted by Crippen LogP contribution is 2.05. The number of carbonyl (C=O) groups is 1. The van der Waals surface area contributed by atoms with Crippen LogP contribution in [0.3, 0.4) is 0 Å². The van der Waals surface area contributed by atoms with Crippen LogP contribution in [0, 0.1) is 5.92 Å². The monoisotopic (exact) mass is 205 g/mol. The van der Waals surface area contributed by atoms with E-state index in [2.05, 4.69) is 9.97 Å². The smallest absolute Gasteiger partial charge is 0.219 e. The Morgan fingerprint density at radius 3 is 2.53 bits per heavy atom. The minimum atomic E-state index is -0.241. The summed E-state index contributed by atoms with van der Waals surface area (Å²) < 4.78 is 0. The lowest BCUT2D eigenvalue weighted by molar-refractivity contribution is -0.120. The van der Waals surface area contributed by atoms with Crippen LogP contribution in [0.2, 0.25) is 0 Å². The van der Waals surface area contributed by atoms with Crippen molar-refractivity contribution in [2.24, 2.45) is 11.7 Å². The molecule has 0 fully saturated rings. The summed E-state index contributed by atoms with van der Waals surface area (Å²) in [7, 11) is 0. The summed E-state index contributed by atoms with van der Waals surface area (Å²) >= 11 is 0. The van der Waals surface area contributed by atoms with Crippen molar-refractivity contribution < 1.29 is 4.79 Å². The molecule has 0 saturated carbocycles. The van der Waals surface area contributed by atoms with E-state index >= 15 is 0 Å². The van der Waals surface area contributed by atoms with E-state index in [0.717, 1.165) is 11.0 Å². The summed E-state index contributed by atoms with van der Waals surface area (Å²) in [5.74, 6) is -0.250. The highest BCUT2D eigenvalue weighted by molar-refractivity contribution is 5.75. The number of carbonyl (C=O) groups excluding carboxylic acids is 1. The van der Waals surface area contributed by atoms with Gasteiger partial charge in [-0.3, -0.25) is 4.79 Å². The van der Waals surface area contributed by atoms with E-state index in [4.69, 9.17) is 5.73 Å². The molecule has 0 aliphatic heterocycles. The first kappa shape index (κ1) is 11.2. The Bertz CT molecular complexity index is 404. The van der Waals surface area contributed by atoms with Crippen LogP contribution in [0.4, 0.5) is 0 Å². The maximum Gasteiger partial charge on any atom is 0.219 e. The summed E-state index contributed by atoms with van der Waals surface area (Å²) in [6, 6.07) is 7.94. The van der Waals surface area contributed by atoms with Crippen molar-refractivity contribution in [1.82, 2.24) is 9.97 Å². The van der Waals surface area contributed by atoms with Gasteiger partial charge in [0.2, 0.25) is 5.91 Å². The number of nitrogens with one attached hydrogen (secondary N) is 1. The number of amides is 1. The molecule has 0 bridgehead atoms. The number of rotatable bonds is 1. The standard InChI is InChI=1S/C7H6N2.C4H9NO/c1-2-4-7-6(3-1)8-5-9-7;1-3(2)4(5)6/h1-5H,(H,8,9);3H,1-2H3,(H2,5,6). The second-order valence-electron chi connectivity index (χ2n) is 3.48. The molecule has 0 unspecified atom stereocenters. The molecular weight excluding hydrogens is 190 g/mol. The zero-order chi connectivity index (χ0) is 11.3. The number of hydrogen-bond donors (Lipinski definition) is 2. The third-order valence-electron chi connectivity index (χ3n) is 1.90. The number of imidazole rings is 1. The fourth-order valence-corrected chi connectivity index (χ4v) is 0.880. The van der Waals surface area contributed by atoms with Gasteiger partial charge in [-0.25, -0.2) is 4.98 Å². The number of H-pyrrole nitrogens is 1. The summed E-state index contributed by atoms with van der Waals surface area (Å²) in [6.07, 6.45) is 1.70. The van der Waals surface area contributed by atoms with Crippen LogP contribution < -0.4 is 5.73 Å². The number of fused-ring (bicyclic) bond motifs is 1. The lowest BCUT2D eigenvalue weighted by Crippen LogP contribution is -2.17. The molecule has 0 aliphatic carbocycles. The maximum absolute atomic E-state index is 9.92. The van der Waals surface area contributed by atoms with Crippen molar-refractivity contribution in [1.29, 1.82) is 0 Å². The van der Waals surface area contributed by atoms with Gasteiger partial charge in [-0.1, -0.05) is 26.0 Å².